The van der Waals surface area contributed by atoms with Gasteiger partial charge in [0.2, 0.25) is 0 Å². The molecule has 0 atom stereocenters. The normalized spacial score (nSPS) is 15.6. The molecule has 9 nitrogen and oxygen atoms in total. The number of carbonyl (C=O) groups excluding carboxylic acids is 1. The summed E-state index contributed by atoms with van der Waals surface area (Å²) in [6, 6.07) is 7.75. The Balaban J connectivity index is 1.35. The number of aliphatic hydroxyl groups is 1. The predicted molar refractivity (Wildman–Crippen MR) is 115 cm³/mol. The Morgan fingerprint density at radius 3 is 2.81 bits per heavy atom. The smallest absolute Gasteiger partial charge is 0.254 e. The van der Waals surface area contributed by atoms with Crippen molar-refractivity contribution in [2.24, 2.45) is 0 Å². The summed E-state index contributed by atoms with van der Waals surface area (Å²) in [6.07, 6.45) is 8.60. The molecule has 0 radical (unpaired) electrons. The summed E-state index contributed by atoms with van der Waals surface area (Å²) in [5.74, 6) is 0.543. The molecule has 3 N–H and O–H groups in total. The molecule has 5 heterocycles. The number of pyridine rings is 1. The molecule has 0 unspecified atom stereocenters. The highest BCUT2D eigenvalue weighted by molar-refractivity contribution is 6.06. The van der Waals surface area contributed by atoms with E-state index >= 15 is 0 Å². The molecule has 6 rings (SSSR count). The summed E-state index contributed by atoms with van der Waals surface area (Å²) in [5, 5.41) is 15.7. The molecule has 1 saturated heterocycles. The molecule has 1 amide bonds. The Morgan fingerprint density at radius 2 is 2.00 bits per heavy atom. The Bertz CT molecular complexity index is 1310. The zero-order chi connectivity index (χ0) is 20.9. The SMILES string of the molecule is O=C1NCc2c(-c3cnc4cnccn34)ccc(Nc3ccc(N4CC(O)C4)cn3)c21. The number of hydrogen-bond acceptors (Lipinski definition) is 7. The molecule has 0 bridgehead atoms. The van der Waals surface area contributed by atoms with Crippen molar-refractivity contribution in [1.82, 2.24) is 24.7 Å². The molecule has 4 aromatic rings. The van der Waals surface area contributed by atoms with E-state index in [2.05, 4.69) is 30.5 Å². The van der Waals surface area contributed by atoms with Gasteiger partial charge >= 0.3 is 0 Å². The average Bonchev–Trinajstić information content (AvgIpc) is 3.37. The third kappa shape index (κ3) is 2.89. The van der Waals surface area contributed by atoms with Gasteiger partial charge in [0.05, 0.1) is 47.3 Å². The molecule has 3 aromatic heterocycles. The van der Waals surface area contributed by atoms with Crippen molar-refractivity contribution >= 4 is 28.7 Å². The number of imidazole rings is 1. The first-order valence-corrected chi connectivity index (χ1v) is 10.0. The van der Waals surface area contributed by atoms with E-state index in [1.54, 1.807) is 24.8 Å². The summed E-state index contributed by atoms with van der Waals surface area (Å²) in [7, 11) is 0. The number of carbonyl (C=O) groups is 1. The van der Waals surface area contributed by atoms with Crippen LogP contribution in [0.15, 0.2) is 55.2 Å². The molecule has 31 heavy (non-hydrogen) atoms. The van der Waals surface area contributed by atoms with Gasteiger partial charge in [-0.3, -0.25) is 14.2 Å². The van der Waals surface area contributed by atoms with Crippen LogP contribution in [-0.2, 0) is 6.54 Å². The largest absolute Gasteiger partial charge is 0.389 e. The number of aliphatic hydroxyl groups excluding tert-OH is 1. The zero-order valence-electron chi connectivity index (χ0n) is 16.5. The van der Waals surface area contributed by atoms with Crippen LogP contribution in [0, 0.1) is 0 Å². The third-order valence-corrected chi connectivity index (χ3v) is 5.80. The molecule has 1 fully saturated rings. The number of hydrogen-bond donors (Lipinski definition) is 3. The monoisotopic (exact) mass is 413 g/mol. The lowest BCUT2D eigenvalue weighted by Gasteiger charge is -2.37. The number of benzene rings is 1. The maximum Gasteiger partial charge on any atom is 0.254 e. The highest BCUT2D eigenvalue weighted by atomic mass is 16.3. The van der Waals surface area contributed by atoms with Gasteiger partial charge in [-0.05, 0) is 23.8 Å². The molecular formula is C22H19N7O2. The van der Waals surface area contributed by atoms with Crippen LogP contribution in [0.3, 0.4) is 0 Å². The lowest BCUT2D eigenvalue weighted by Crippen LogP contribution is -2.50. The summed E-state index contributed by atoms with van der Waals surface area (Å²) in [5.41, 5.74) is 5.86. The number of amides is 1. The van der Waals surface area contributed by atoms with E-state index in [1.165, 1.54) is 0 Å². The topological polar surface area (TPSA) is 108 Å². The molecule has 0 aliphatic carbocycles. The second kappa shape index (κ2) is 6.78. The van der Waals surface area contributed by atoms with Crippen molar-refractivity contribution in [2.75, 3.05) is 23.3 Å². The van der Waals surface area contributed by atoms with Crippen LogP contribution < -0.4 is 15.5 Å². The molecule has 0 spiro atoms. The van der Waals surface area contributed by atoms with Crippen LogP contribution in [0.2, 0.25) is 0 Å². The number of anilines is 3. The lowest BCUT2D eigenvalue weighted by molar-refractivity contribution is 0.0966. The molecule has 2 aliphatic rings. The van der Waals surface area contributed by atoms with Gasteiger partial charge in [0.1, 0.15) is 5.82 Å². The highest BCUT2D eigenvalue weighted by Crippen LogP contribution is 2.35. The number of fused-ring (bicyclic) bond motifs is 2. The minimum absolute atomic E-state index is 0.110. The first kappa shape index (κ1) is 17.8. The third-order valence-electron chi connectivity index (χ3n) is 5.80. The average molecular weight is 413 g/mol. The van der Waals surface area contributed by atoms with Crippen LogP contribution in [0.1, 0.15) is 15.9 Å². The lowest BCUT2D eigenvalue weighted by atomic mass is 9.99. The summed E-state index contributed by atoms with van der Waals surface area (Å²) in [4.78, 5) is 27.7. The van der Waals surface area contributed by atoms with Gasteiger partial charge in [0, 0.05) is 37.6 Å². The van der Waals surface area contributed by atoms with Crippen LogP contribution >= 0.6 is 0 Å². The maximum absolute atomic E-state index is 12.6. The van der Waals surface area contributed by atoms with Crippen LogP contribution in [0.5, 0.6) is 0 Å². The van der Waals surface area contributed by atoms with Crippen molar-refractivity contribution in [3.05, 3.63) is 66.4 Å². The fourth-order valence-corrected chi connectivity index (χ4v) is 4.18. The van der Waals surface area contributed by atoms with Crippen molar-refractivity contribution in [3.63, 3.8) is 0 Å². The number of β-amino-alcohol motifs (C(OH)–C–C–N with tert-alkyl or cyclic N) is 1. The standard InChI is InChI=1S/C22H19N7O2/c30-14-11-28(12-14)13-1-4-19(24-7-13)27-17-3-2-15(16-8-26-22(31)21(16)17)18-9-25-20-10-23-5-6-29(18)20/h1-7,9-10,14,30H,8,11-12H2,(H,24,27)(H,26,31). The van der Waals surface area contributed by atoms with Crippen LogP contribution in [0.4, 0.5) is 17.2 Å². The van der Waals surface area contributed by atoms with E-state index in [1.807, 2.05) is 34.9 Å². The van der Waals surface area contributed by atoms with Crippen molar-refractivity contribution < 1.29 is 9.90 Å². The molecule has 1 aromatic carbocycles. The fraction of sp³-hybridized carbons (Fsp3) is 0.182. The predicted octanol–water partition coefficient (Wildman–Crippen LogP) is 1.96. The fourth-order valence-electron chi connectivity index (χ4n) is 4.18. The van der Waals surface area contributed by atoms with Gasteiger partial charge in [0.15, 0.2) is 5.65 Å². The number of rotatable bonds is 4. The second-order valence-corrected chi connectivity index (χ2v) is 7.73. The van der Waals surface area contributed by atoms with E-state index in [0.717, 1.165) is 28.2 Å². The van der Waals surface area contributed by atoms with Gasteiger partial charge in [0.25, 0.3) is 5.91 Å². The van der Waals surface area contributed by atoms with Gasteiger partial charge < -0.3 is 20.6 Å². The molecule has 2 aliphatic heterocycles. The zero-order valence-corrected chi connectivity index (χ0v) is 16.5. The molecule has 154 valence electrons. The van der Waals surface area contributed by atoms with E-state index in [-0.39, 0.29) is 12.0 Å². The van der Waals surface area contributed by atoms with Gasteiger partial charge in [-0.2, -0.15) is 0 Å². The minimum Gasteiger partial charge on any atom is -0.389 e. The van der Waals surface area contributed by atoms with Crippen molar-refractivity contribution in [2.45, 2.75) is 12.6 Å². The number of nitrogens with zero attached hydrogens (tertiary/aromatic N) is 5. The van der Waals surface area contributed by atoms with Gasteiger partial charge in [-0.25, -0.2) is 9.97 Å². The van der Waals surface area contributed by atoms with E-state index in [0.29, 0.717) is 36.7 Å². The Hall–Kier alpha value is -3.98. The van der Waals surface area contributed by atoms with Gasteiger partial charge in [-0.1, -0.05) is 6.07 Å². The molecule has 0 saturated carbocycles. The molecular weight excluding hydrogens is 394 g/mol. The highest BCUT2D eigenvalue weighted by Gasteiger charge is 2.28. The summed E-state index contributed by atoms with van der Waals surface area (Å²) < 4.78 is 1.96. The second-order valence-electron chi connectivity index (χ2n) is 7.73. The number of aromatic nitrogens is 4. The van der Waals surface area contributed by atoms with E-state index in [9.17, 15) is 9.90 Å². The molecule has 9 heteroatoms. The Labute approximate surface area is 177 Å². The van der Waals surface area contributed by atoms with Gasteiger partial charge in [-0.15, -0.1) is 0 Å². The van der Waals surface area contributed by atoms with E-state index in [4.69, 9.17) is 0 Å². The summed E-state index contributed by atoms with van der Waals surface area (Å²) in [6.45, 7) is 1.72. The van der Waals surface area contributed by atoms with Crippen LogP contribution in [-0.4, -0.2) is 49.6 Å². The number of nitrogens with one attached hydrogen (secondary N) is 2. The minimum atomic E-state index is -0.262. The van der Waals surface area contributed by atoms with Crippen molar-refractivity contribution in [3.8, 4) is 11.3 Å². The maximum atomic E-state index is 12.6. The Morgan fingerprint density at radius 1 is 1.10 bits per heavy atom. The Kier molecular flexibility index (Phi) is 3.90. The van der Waals surface area contributed by atoms with E-state index < -0.39 is 0 Å². The quantitative estimate of drug-likeness (QED) is 0.469. The summed E-state index contributed by atoms with van der Waals surface area (Å²) >= 11 is 0. The van der Waals surface area contributed by atoms with Crippen LogP contribution in [0.25, 0.3) is 16.9 Å². The van der Waals surface area contributed by atoms with Crippen molar-refractivity contribution in [1.29, 1.82) is 0 Å². The first-order chi connectivity index (χ1) is 15.2. The first-order valence-electron chi connectivity index (χ1n) is 10.0.